The Bertz CT molecular complexity index is 687. The van der Waals surface area contributed by atoms with Gasteiger partial charge in [0, 0.05) is 12.6 Å². The number of halogens is 1. The molecule has 0 aliphatic carbocycles. The van der Waals surface area contributed by atoms with Gasteiger partial charge < -0.3 is 9.47 Å². The Morgan fingerprint density at radius 3 is 2.44 bits per heavy atom. The van der Waals surface area contributed by atoms with Gasteiger partial charge in [0.15, 0.2) is 11.5 Å². The first-order chi connectivity index (χ1) is 12.2. The first-order valence-electron chi connectivity index (χ1n) is 9.09. The molecule has 4 heteroatoms. The maximum atomic E-state index is 13.2. The summed E-state index contributed by atoms with van der Waals surface area (Å²) in [6, 6.07) is 13.4. The number of nitrogens with zero attached hydrogens (tertiary/aromatic N) is 1. The van der Waals surface area contributed by atoms with E-state index in [0.717, 1.165) is 37.4 Å². The zero-order chi connectivity index (χ0) is 17.6. The van der Waals surface area contributed by atoms with Gasteiger partial charge in [0.1, 0.15) is 5.82 Å². The van der Waals surface area contributed by atoms with Crippen LogP contribution in [-0.2, 0) is 6.54 Å². The van der Waals surface area contributed by atoms with E-state index in [1.807, 2.05) is 32.0 Å². The topological polar surface area (TPSA) is 21.7 Å². The van der Waals surface area contributed by atoms with Crippen LogP contribution >= 0.6 is 0 Å². The van der Waals surface area contributed by atoms with Gasteiger partial charge in [-0.2, -0.15) is 0 Å². The number of likely N-dealkylation sites (tertiary alicyclic amines) is 1. The van der Waals surface area contributed by atoms with Crippen molar-refractivity contribution in [1.82, 2.24) is 4.90 Å². The second kappa shape index (κ2) is 8.34. The number of hydrogen-bond acceptors (Lipinski definition) is 3. The van der Waals surface area contributed by atoms with Crippen LogP contribution in [0.1, 0.15) is 43.9 Å². The summed E-state index contributed by atoms with van der Waals surface area (Å²) in [6.45, 7) is 7.10. The Kier molecular flexibility index (Phi) is 5.92. The maximum absolute atomic E-state index is 13.2. The van der Waals surface area contributed by atoms with Gasteiger partial charge in [0.25, 0.3) is 0 Å². The van der Waals surface area contributed by atoms with Gasteiger partial charge in [-0.05, 0) is 68.6 Å². The van der Waals surface area contributed by atoms with Crippen molar-refractivity contribution in [3.05, 3.63) is 59.4 Å². The van der Waals surface area contributed by atoms with Crippen molar-refractivity contribution in [2.24, 2.45) is 0 Å². The van der Waals surface area contributed by atoms with Crippen molar-refractivity contribution in [3.8, 4) is 11.5 Å². The molecule has 0 amide bonds. The van der Waals surface area contributed by atoms with E-state index < -0.39 is 0 Å². The van der Waals surface area contributed by atoms with Crippen LogP contribution in [0.4, 0.5) is 4.39 Å². The molecule has 0 radical (unpaired) electrons. The molecular formula is C21H26FNO2. The molecule has 3 rings (SSSR count). The van der Waals surface area contributed by atoms with Gasteiger partial charge in [0.05, 0.1) is 13.2 Å². The molecule has 1 fully saturated rings. The van der Waals surface area contributed by atoms with E-state index in [-0.39, 0.29) is 5.82 Å². The summed E-state index contributed by atoms with van der Waals surface area (Å²) in [7, 11) is 0. The smallest absolute Gasteiger partial charge is 0.161 e. The minimum Gasteiger partial charge on any atom is -0.490 e. The minimum atomic E-state index is -0.179. The lowest BCUT2D eigenvalue weighted by atomic mass is 10.0. The lowest BCUT2D eigenvalue weighted by molar-refractivity contribution is 0.247. The summed E-state index contributed by atoms with van der Waals surface area (Å²) in [5.74, 6) is 1.42. The predicted octanol–water partition coefficient (Wildman–Crippen LogP) is 4.96. The molecule has 1 atom stereocenters. The fourth-order valence-corrected chi connectivity index (χ4v) is 3.51. The monoisotopic (exact) mass is 343 g/mol. The van der Waals surface area contributed by atoms with E-state index in [2.05, 4.69) is 17.0 Å². The predicted molar refractivity (Wildman–Crippen MR) is 97.6 cm³/mol. The number of hydrogen-bond donors (Lipinski definition) is 0. The zero-order valence-corrected chi connectivity index (χ0v) is 15.0. The molecule has 2 aromatic carbocycles. The summed E-state index contributed by atoms with van der Waals surface area (Å²) < 4.78 is 24.6. The van der Waals surface area contributed by atoms with E-state index in [9.17, 15) is 4.39 Å². The van der Waals surface area contributed by atoms with Crippen molar-refractivity contribution in [1.29, 1.82) is 0 Å². The molecule has 0 unspecified atom stereocenters. The summed E-state index contributed by atoms with van der Waals surface area (Å²) >= 11 is 0. The van der Waals surface area contributed by atoms with Crippen LogP contribution in [0.2, 0.25) is 0 Å². The molecule has 0 saturated carbocycles. The molecule has 3 nitrogen and oxygen atoms in total. The highest BCUT2D eigenvalue weighted by atomic mass is 19.1. The summed E-state index contributed by atoms with van der Waals surface area (Å²) in [5, 5.41) is 0. The highest BCUT2D eigenvalue weighted by Crippen LogP contribution is 2.35. The second-order valence-electron chi connectivity index (χ2n) is 6.33. The third kappa shape index (κ3) is 4.31. The van der Waals surface area contributed by atoms with E-state index in [0.29, 0.717) is 19.3 Å². The quantitative estimate of drug-likeness (QED) is 0.709. The van der Waals surface area contributed by atoms with Crippen LogP contribution in [0.3, 0.4) is 0 Å². The van der Waals surface area contributed by atoms with Crippen LogP contribution in [0.5, 0.6) is 11.5 Å². The molecular weight excluding hydrogens is 317 g/mol. The van der Waals surface area contributed by atoms with E-state index >= 15 is 0 Å². The van der Waals surface area contributed by atoms with Crippen LogP contribution in [0, 0.1) is 5.82 Å². The molecule has 1 saturated heterocycles. The van der Waals surface area contributed by atoms with Gasteiger partial charge in [-0.1, -0.05) is 18.2 Å². The lowest BCUT2D eigenvalue weighted by Gasteiger charge is -2.25. The third-order valence-electron chi connectivity index (χ3n) is 4.61. The average Bonchev–Trinajstić information content (AvgIpc) is 3.06. The van der Waals surface area contributed by atoms with Crippen molar-refractivity contribution in [2.75, 3.05) is 19.8 Å². The van der Waals surface area contributed by atoms with Crippen LogP contribution in [0.25, 0.3) is 0 Å². The summed E-state index contributed by atoms with van der Waals surface area (Å²) in [4.78, 5) is 2.46. The molecule has 1 aliphatic rings. The highest BCUT2D eigenvalue weighted by Gasteiger charge is 2.26. The largest absolute Gasteiger partial charge is 0.490 e. The second-order valence-corrected chi connectivity index (χ2v) is 6.33. The number of rotatable bonds is 7. The SMILES string of the molecule is CCOc1ccc(CN2CCC[C@H]2c2ccc(F)cc2)cc1OCC. The summed E-state index contributed by atoms with van der Waals surface area (Å²) in [5.41, 5.74) is 2.40. The van der Waals surface area contributed by atoms with Gasteiger partial charge in [-0.3, -0.25) is 4.90 Å². The Hall–Kier alpha value is -2.07. The van der Waals surface area contributed by atoms with Crippen LogP contribution in [0.15, 0.2) is 42.5 Å². The Labute approximate surface area is 149 Å². The first-order valence-corrected chi connectivity index (χ1v) is 9.09. The lowest BCUT2D eigenvalue weighted by Crippen LogP contribution is -2.22. The molecule has 0 aromatic heterocycles. The minimum absolute atomic E-state index is 0.179. The fourth-order valence-electron chi connectivity index (χ4n) is 3.51. The van der Waals surface area contributed by atoms with Crippen molar-refractivity contribution in [2.45, 2.75) is 39.3 Å². The van der Waals surface area contributed by atoms with E-state index in [4.69, 9.17) is 9.47 Å². The zero-order valence-electron chi connectivity index (χ0n) is 15.0. The maximum Gasteiger partial charge on any atom is 0.161 e. The van der Waals surface area contributed by atoms with Crippen molar-refractivity contribution < 1.29 is 13.9 Å². The Morgan fingerprint density at radius 1 is 1.00 bits per heavy atom. The molecule has 1 heterocycles. The summed E-state index contributed by atoms with van der Waals surface area (Å²) in [6.07, 6.45) is 2.28. The molecule has 1 aliphatic heterocycles. The fraction of sp³-hybridized carbons (Fsp3) is 0.429. The number of ether oxygens (including phenoxy) is 2. The highest BCUT2D eigenvalue weighted by molar-refractivity contribution is 5.43. The van der Waals surface area contributed by atoms with Crippen molar-refractivity contribution >= 4 is 0 Å². The van der Waals surface area contributed by atoms with Crippen molar-refractivity contribution in [3.63, 3.8) is 0 Å². The third-order valence-corrected chi connectivity index (χ3v) is 4.61. The molecule has 0 bridgehead atoms. The van der Waals surface area contributed by atoms with Crippen LogP contribution in [-0.4, -0.2) is 24.7 Å². The van der Waals surface area contributed by atoms with E-state index in [1.54, 1.807) is 12.1 Å². The molecule has 0 spiro atoms. The van der Waals surface area contributed by atoms with Gasteiger partial charge >= 0.3 is 0 Å². The van der Waals surface area contributed by atoms with Gasteiger partial charge in [-0.25, -0.2) is 4.39 Å². The Balaban J connectivity index is 1.76. The van der Waals surface area contributed by atoms with E-state index in [1.165, 1.54) is 11.1 Å². The molecule has 0 N–H and O–H groups in total. The van der Waals surface area contributed by atoms with Gasteiger partial charge in [-0.15, -0.1) is 0 Å². The first kappa shape index (κ1) is 17.7. The van der Waals surface area contributed by atoms with Gasteiger partial charge in [0.2, 0.25) is 0 Å². The Morgan fingerprint density at radius 2 is 1.72 bits per heavy atom. The normalized spacial score (nSPS) is 17.6. The number of benzene rings is 2. The molecule has 134 valence electrons. The van der Waals surface area contributed by atoms with Crippen LogP contribution < -0.4 is 9.47 Å². The standard InChI is InChI=1S/C21H26FNO2/c1-3-24-20-12-7-16(14-21(20)25-4-2)15-23-13-5-6-19(23)17-8-10-18(22)11-9-17/h7-12,14,19H,3-6,13,15H2,1-2H3/t19-/m0/s1. The molecule has 25 heavy (non-hydrogen) atoms. The molecule has 2 aromatic rings. The average molecular weight is 343 g/mol.